The molecule has 2 N–H and O–H groups in total. The van der Waals surface area contributed by atoms with Crippen molar-refractivity contribution in [2.24, 2.45) is 0 Å². The number of ether oxygens (including phenoxy) is 1. The number of aliphatic hydroxyl groups is 1. The number of Topliss-reactive ketones (excluding diaryl/α,β-unsaturated/α-hetero) is 1. The SMILES string of the molecule is CCCN1C(=O)C(=O)/C(=C(/O)c2cc(C(C)C)c(OC)cc2C)C1c1ccc(O)cc1. The van der Waals surface area contributed by atoms with Crippen LogP contribution in [-0.2, 0) is 9.59 Å². The molecule has 0 spiro atoms. The molecule has 2 aromatic rings. The quantitative estimate of drug-likeness (QED) is 0.401. The van der Waals surface area contributed by atoms with Crippen molar-refractivity contribution < 1.29 is 24.5 Å². The molecule has 1 fully saturated rings. The van der Waals surface area contributed by atoms with Crippen molar-refractivity contribution >= 4 is 17.4 Å². The van der Waals surface area contributed by atoms with E-state index in [4.69, 9.17) is 4.74 Å². The number of rotatable bonds is 6. The summed E-state index contributed by atoms with van der Waals surface area (Å²) < 4.78 is 5.49. The molecular weight excluding hydrogens is 394 g/mol. The van der Waals surface area contributed by atoms with E-state index in [2.05, 4.69) is 0 Å². The second-order valence-electron chi connectivity index (χ2n) is 8.15. The van der Waals surface area contributed by atoms with Crippen LogP contribution in [-0.4, -0.2) is 40.5 Å². The van der Waals surface area contributed by atoms with E-state index in [0.717, 1.165) is 11.1 Å². The minimum Gasteiger partial charge on any atom is -0.508 e. The van der Waals surface area contributed by atoms with E-state index in [1.165, 1.54) is 17.0 Å². The minimum absolute atomic E-state index is 0.0621. The lowest BCUT2D eigenvalue weighted by Gasteiger charge is -2.25. The molecule has 1 aliphatic heterocycles. The van der Waals surface area contributed by atoms with Gasteiger partial charge in [-0.3, -0.25) is 9.59 Å². The molecule has 6 heteroatoms. The molecule has 6 nitrogen and oxygen atoms in total. The highest BCUT2D eigenvalue weighted by Crippen LogP contribution is 2.41. The Morgan fingerprint density at radius 3 is 2.35 bits per heavy atom. The third kappa shape index (κ3) is 4.02. The van der Waals surface area contributed by atoms with Crippen molar-refractivity contribution in [3.05, 3.63) is 64.2 Å². The highest BCUT2D eigenvalue weighted by molar-refractivity contribution is 6.46. The van der Waals surface area contributed by atoms with Crippen molar-refractivity contribution in [3.8, 4) is 11.5 Å². The second-order valence-corrected chi connectivity index (χ2v) is 8.15. The first-order chi connectivity index (χ1) is 14.7. The summed E-state index contributed by atoms with van der Waals surface area (Å²) in [4.78, 5) is 27.3. The van der Waals surface area contributed by atoms with Crippen LogP contribution in [0.5, 0.6) is 11.5 Å². The highest BCUT2D eigenvalue weighted by atomic mass is 16.5. The molecule has 1 heterocycles. The Kier molecular flexibility index (Phi) is 6.39. The summed E-state index contributed by atoms with van der Waals surface area (Å²) in [5, 5.41) is 21.0. The van der Waals surface area contributed by atoms with Crippen molar-refractivity contribution in [1.29, 1.82) is 0 Å². The van der Waals surface area contributed by atoms with Gasteiger partial charge in [-0.05, 0) is 60.2 Å². The average molecular weight is 424 g/mol. The Labute approximate surface area is 182 Å². The van der Waals surface area contributed by atoms with Gasteiger partial charge >= 0.3 is 0 Å². The second kappa shape index (κ2) is 8.84. The van der Waals surface area contributed by atoms with Crippen LogP contribution >= 0.6 is 0 Å². The maximum Gasteiger partial charge on any atom is 0.295 e. The maximum absolute atomic E-state index is 13.0. The number of nitrogens with zero attached hydrogens (tertiary/aromatic N) is 1. The Morgan fingerprint density at radius 1 is 1.16 bits per heavy atom. The lowest BCUT2D eigenvalue weighted by molar-refractivity contribution is -0.139. The number of methoxy groups -OCH3 is 1. The molecule has 1 amide bonds. The van der Waals surface area contributed by atoms with E-state index in [9.17, 15) is 19.8 Å². The van der Waals surface area contributed by atoms with Crippen LogP contribution in [0.3, 0.4) is 0 Å². The maximum atomic E-state index is 13.0. The third-order valence-corrected chi connectivity index (χ3v) is 5.67. The van der Waals surface area contributed by atoms with Gasteiger partial charge in [0, 0.05) is 12.1 Å². The van der Waals surface area contributed by atoms with Crippen molar-refractivity contribution in [2.45, 2.75) is 46.1 Å². The van der Waals surface area contributed by atoms with Crippen molar-refractivity contribution in [2.75, 3.05) is 13.7 Å². The molecule has 164 valence electrons. The number of aliphatic hydroxyl groups excluding tert-OH is 1. The Morgan fingerprint density at radius 2 is 1.81 bits per heavy atom. The molecule has 1 atom stereocenters. The van der Waals surface area contributed by atoms with E-state index in [0.29, 0.717) is 29.8 Å². The van der Waals surface area contributed by atoms with Crippen LogP contribution < -0.4 is 4.74 Å². The smallest absolute Gasteiger partial charge is 0.295 e. The van der Waals surface area contributed by atoms with Crippen LogP contribution in [0.2, 0.25) is 0 Å². The van der Waals surface area contributed by atoms with Crippen LogP contribution in [0.25, 0.3) is 5.76 Å². The van der Waals surface area contributed by atoms with E-state index in [1.54, 1.807) is 19.2 Å². The zero-order valence-corrected chi connectivity index (χ0v) is 18.6. The molecule has 3 rings (SSSR count). The monoisotopic (exact) mass is 423 g/mol. The molecule has 31 heavy (non-hydrogen) atoms. The number of phenolic OH excluding ortho intramolecular Hbond substituents is 1. The molecule has 1 saturated heterocycles. The van der Waals surface area contributed by atoms with Crippen molar-refractivity contribution in [1.82, 2.24) is 4.90 Å². The first-order valence-electron chi connectivity index (χ1n) is 10.5. The molecule has 0 aliphatic carbocycles. The van der Waals surface area contributed by atoms with Crippen LogP contribution in [0, 0.1) is 6.92 Å². The van der Waals surface area contributed by atoms with Gasteiger partial charge in [-0.2, -0.15) is 0 Å². The van der Waals surface area contributed by atoms with Crippen LogP contribution in [0.1, 0.15) is 61.4 Å². The molecule has 1 unspecified atom stereocenters. The van der Waals surface area contributed by atoms with E-state index in [1.807, 2.05) is 39.8 Å². The number of phenols is 1. The molecule has 0 bridgehead atoms. The topological polar surface area (TPSA) is 87.1 Å². The Balaban J connectivity index is 2.25. The summed E-state index contributed by atoms with van der Waals surface area (Å²) in [6.07, 6.45) is 0.667. The number of aryl methyl sites for hydroxylation is 1. The summed E-state index contributed by atoms with van der Waals surface area (Å²) >= 11 is 0. The van der Waals surface area contributed by atoms with Gasteiger partial charge in [0.2, 0.25) is 0 Å². The molecule has 0 saturated carbocycles. The number of ketones is 1. The molecule has 2 aromatic carbocycles. The molecular formula is C25H29NO5. The number of carbonyl (C=O) groups excluding carboxylic acids is 2. The van der Waals surface area contributed by atoms with E-state index < -0.39 is 17.7 Å². The average Bonchev–Trinajstić information content (AvgIpc) is 2.98. The summed E-state index contributed by atoms with van der Waals surface area (Å²) in [5.41, 5.74) is 2.86. The van der Waals surface area contributed by atoms with Gasteiger partial charge in [0.1, 0.15) is 17.3 Å². The summed E-state index contributed by atoms with van der Waals surface area (Å²) in [6.45, 7) is 8.18. The van der Waals surface area contributed by atoms with Crippen LogP contribution in [0.4, 0.5) is 0 Å². The number of likely N-dealkylation sites (tertiary alicyclic amines) is 1. The molecule has 1 aliphatic rings. The van der Waals surface area contributed by atoms with Crippen molar-refractivity contribution in [3.63, 3.8) is 0 Å². The fourth-order valence-corrected chi connectivity index (χ4v) is 4.08. The standard InChI is InChI=1S/C25H29NO5/c1-6-11-26-22(16-7-9-17(27)10-8-16)21(24(29)25(26)30)23(28)19-13-18(14(2)3)20(31-5)12-15(19)4/h7-10,12-14,22,27-28H,6,11H2,1-5H3/b23-21+. The van der Waals surface area contributed by atoms with E-state index in [-0.39, 0.29) is 23.0 Å². The highest BCUT2D eigenvalue weighted by Gasteiger charge is 2.45. The number of benzene rings is 2. The number of hydrogen-bond acceptors (Lipinski definition) is 5. The number of carbonyl (C=O) groups is 2. The fourth-order valence-electron chi connectivity index (χ4n) is 4.08. The van der Waals surface area contributed by atoms with E-state index >= 15 is 0 Å². The summed E-state index contributed by atoms with van der Waals surface area (Å²) in [6, 6.07) is 9.31. The van der Waals surface area contributed by atoms with Gasteiger partial charge in [0.15, 0.2) is 0 Å². The summed E-state index contributed by atoms with van der Waals surface area (Å²) in [7, 11) is 1.60. The molecule has 0 radical (unpaired) electrons. The fraction of sp³-hybridized carbons (Fsp3) is 0.360. The normalized spacial score (nSPS) is 18.1. The zero-order valence-electron chi connectivity index (χ0n) is 18.6. The predicted octanol–water partition coefficient (Wildman–Crippen LogP) is 4.66. The van der Waals surface area contributed by atoms with Gasteiger partial charge in [-0.1, -0.05) is 32.9 Å². The van der Waals surface area contributed by atoms with Gasteiger partial charge < -0.3 is 19.8 Å². The predicted molar refractivity (Wildman–Crippen MR) is 119 cm³/mol. The molecule has 0 aromatic heterocycles. The van der Waals surface area contributed by atoms with Crippen LogP contribution in [0.15, 0.2) is 42.0 Å². The number of hydrogen-bond donors (Lipinski definition) is 2. The lowest BCUT2D eigenvalue weighted by atomic mass is 9.91. The summed E-state index contributed by atoms with van der Waals surface area (Å²) in [5.74, 6) is -0.592. The zero-order chi connectivity index (χ0) is 22.9. The lowest BCUT2D eigenvalue weighted by Crippen LogP contribution is -2.30. The van der Waals surface area contributed by atoms with Gasteiger partial charge in [-0.15, -0.1) is 0 Å². The Hall–Kier alpha value is -3.28. The van der Waals surface area contributed by atoms with Gasteiger partial charge in [0.25, 0.3) is 11.7 Å². The third-order valence-electron chi connectivity index (χ3n) is 5.67. The van der Waals surface area contributed by atoms with Gasteiger partial charge in [-0.25, -0.2) is 0 Å². The largest absolute Gasteiger partial charge is 0.508 e. The minimum atomic E-state index is -0.718. The number of amides is 1. The number of aromatic hydroxyl groups is 1. The van der Waals surface area contributed by atoms with Gasteiger partial charge in [0.05, 0.1) is 18.7 Å². The Bertz CT molecular complexity index is 1040. The first-order valence-corrected chi connectivity index (χ1v) is 10.5. The first kappa shape index (κ1) is 22.4.